The SMILES string of the molecule is CS(=O)(=O)CCCN1C(=O)CN(Cc2ccccc2)C1=O. The van der Waals surface area contributed by atoms with Crippen molar-refractivity contribution in [1.29, 1.82) is 0 Å². The molecule has 0 saturated carbocycles. The van der Waals surface area contributed by atoms with Crippen LogP contribution >= 0.6 is 0 Å². The summed E-state index contributed by atoms with van der Waals surface area (Å²) in [7, 11) is -3.08. The first kappa shape index (κ1) is 15.5. The molecule has 0 aliphatic carbocycles. The van der Waals surface area contributed by atoms with Crippen LogP contribution in [-0.4, -0.2) is 55.3 Å². The number of hydrogen-bond donors (Lipinski definition) is 0. The molecule has 0 radical (unpaired) electrons. The van der Waals surface area contributed by atoms with Crippen LogP contribution in [0.15, 0.2) is 30.3 Å². The smallest absolute Gasteiger partial charge is 0.311 e. The molecule has 0 N–H and O–H groups in total. The molecule has 0 atom stereocenters. The van der Waals surface area contributed by atoms with Gasteiger partial charge in [0.15, 0.2) is 0 Å². The molecule has 7 heteroatoms. The second-order valence-corrected chi connectivity index (χ2v) is 7.41. The average Bonchev–Trinajstić information content (AvgIpc) is 2.66. The van der Waals surface area contributed by atoms with Gasteiger partial charge in [-0.05, 0) is 12.0 Å². The van der Waals surface area contributed by atoms with Crippen molar-refractivity contribution in [3.63, 3.8) is 0 Å². The van der Waals surface area contributed by atoms with Gasteiger partial charge in [0, 0.05) is 19.3 Å². The second-order valence-electron chi connectivity index (χ2n) is 5.15. The maximum atomic E-state index is 12.2. The average molecular weight is 310 g/mol. The van der Waals surface area contributed by atoms with E-state index in [1.54, 1.807) is 0 Å². The summed E-state index contributed by atoms with van der Waals surface area (Å²) in [4.78, 5) is 26.6. The van der Waals surface area contributed by atoms with Gasteiger partial charge in [0.05, 0.1) is 5.75 Å². The number of sulfone groups is 1. The van der Waals surface area contributed by atoms with Gasteiger partial charge in [-0.3, -0.25) is 9.69 Å². The molecule has 1 aliphatic rings. The Hall–Kier alpha value is -1.89. The third-order valence-corrected chi connectivity index (χ3v) is 4.27. The van der Waals surface area contributed by atoms with E-state index in [1.165, 1.54) is 4.90 Å². The van der Waals surface area contributed by atoms with Crippen LogP contribution in [0.3, 0.4) is 0 Å². The molecule has 3 amide bonds. The third kappa shape index (κ3) is 4.29. The molecule has 0 bridgehead atoms. The van der Waals surface area contributed by atoms with Gasteiger partial charge in [-0.1, -0.05) is 30.3 Å². The Balaban J connectivity index is 1.93. The van der Waals surface area contributed by atoms with Crippen molar-refractivity contribution in [2.45, 2.75) is 13.0 Å². The number of hydrogen-bond acceptors (Lipinski definition) is 4. The van der Waals surface area contributed by atoms with E-state index in [4.69, 9.17) is 0 Å². The molecule has 21 heavy (non-hydrogen) atoms. The summed E-state index contributed by atoms with van der Waals surface area (Å²) in [5.41, 5.74) is 0.955. The largest absolute Gasteiger partial charge is 0.327 e. The van der Waals surface area contributed by atoms with Crippen LogP contribution < -0.4 is 0 Å². The van der Waals surface area contributed by atoms with Crippen LogP contribution in [-0.2, 0) is 21.2 Å². The normalized spacial score (nSPS) is 15.9. The van der Waals surface area contributed by atoms with Crippen molar-refractivity contribution in [3.8, 4) is 0 Å². The molecule has 1 saturated heterocycles. The fourth-order valence-corrected chi connectivity index (χ4v) is 2.88. The zero-order valence-electron chi connectivity index (χ0n) is 11.9. The Morgan fingerprint density at radius 2 is 1.81 bits per heavy atom. The van der Waals surface area contributed by atoms with Gasteiger partial charge in [-0.2, -0.15) is 0 Å². The van der Waals surface area contributed by atoms with Gasteiger partial charge < -0.3 is 4.90 Å². The minimum atomic E-state index is -3.08. The lowest BCUT2D eigenvalue weighted by Crippen LogP contribution is -2.34. The van der Waals surface area contributed by atoms with Crippen LogP contribution in [0.4, 0.5) is 4.79 Å². The summed E-state index contributed by atoms with van der Waals surface area (Å²) < 4.78 is 22.1. The summed E-state index contributed by atoms with van der Waals surface area (Å²) in [6, 6.07) is 9.08. The monoisotopic (exact) mass is 310 g/mol. The maximum Gasteiger partial charge on any atom is 0.327 e. The van der Waals surface area contributed by atoms with Crippen molar-refractivity contribution in [3.05, 3.63) is 35.9 Å². The van der Waals surface area contributed by atoms with Gasteiger partial charge in [0.25, 0.3) is 0 Å². The maximum absolute atomic E-state index is 12.2. The van der Waals surface area contributed by atoms with Crippen molar-refractivity contribution in [1.82, 2.24) is 9.80 Å². The van der Waals surface area contributed by atoms with E-state index in [2.05, 4.69) is 0 Å². The summed E-state index contributed by atoms with van der Waals surface area (Å²) in [5, 5.41) is 0. The number of carbonyl (C=O) groups excluding carboxylic acids is 2. The topological polar surface area (TPSA) is 74.8 Å². The minimum Gasteiger partial charge on any atom is -0.311 e. The van der Waals surface area contributed by atoms with Gasteiger partial charge >= 0.3 is 6.03 Å². The number of carbonyl (C=O) groups is 2. The van der Waals surface area contributed by atoms with Gasteiger partial charge in [-0.25, -0.2) is 13.2 Å². The molecule has 0 spiro atoms. The van der Waals surface area contributed by atoms with Gasteiger partial charge in [-0.15, -0.1) is 0 Å². The number of benzene rings is 1. The number of imide groups is 1. The molecule has 1 fully saturated rings. The van der Waals surface area contributed by atoms with E-state index in [9.17, 15) is 18.0 Å². The van der Waals surface area contributed by atoms with E-state index in [1.807, 2.05) is 30.3 Å². The quantitative estimate of drug-likeness (QED) is 0.731. The predicted molar refractivity (Wildman–Crippen MR) is 78.3 cm³/mol. The highest BCUT2D eigenvalue weighted by atomic mass is 32.2. The lowest BCUT2D eigenvalue weighted by molar-refractivity contribution is -0.125. The van der Waals surface area contributed by atoms with E-state index >= 15 is 0 Å². The number of amides is 3. The second kappa shape index (κ2) is 6.26. The van der Waals surface area contributed by atoms with E-state index in [0.29, 0.717) is 6.54 Å². The number of nitrogens with zero attached hydrogens (tertiary/aromatic N) is 2. The first-order valence-electron chi connectivity index (χ1n) is 6.68. The van der Waals surface area contributed by atoms with Crippen LogP contribution in [0.25, 0.3) is 0 Å². The molecule has 1 aromatic rings. The Kier molecular flexibility index (Phi) is 4.62. The number of urea groups is 1. The van der Waals surface area contributed by atoms with Crippen LogP contribution in [0.2, 0.25) is 0 Å². The van der Waals surface area contributed by atoms with Gasteiger partial charge in [0.2, 0.25) is 5.91 Å². The highest BCUT2D eigenvalue weighted by Gasteiger charge is 2.35. The van der Waals surface area contributed by atoms with Crippen LogP contribution in [0, 0.1) is 0 Å². The van der Waals surface area contributed by atoms with Gasteiger partial charge in [0.1, 0.15) is 16.4 Å². The van der Waals surface area contributed by atoms with E-state index in [0.717, 1.165) is 16.7 Å². The first-order valence-corrected chi connectivity index (χ1v) is 8.74. The molecule has 1 aliphatic heterocycles. The predicted octanol–water partition coefficient (Wildman–Crippen LogP) is 0.886. The Bertz CT molecular complexity index is 628. The van der Waals surface area contributed by atoms with Crippen molar-refractivity contribution in [2.75, 3.05) is 25.1 Å². The lowest BCUT2D eigenvalue weighted by Gasteiger charge is -2.17. The summed E-state index contributed by atoms with van der Waals surface area (Å²) in [5.74, 6) is -0.299. The third-order valence-electron chi connectivity index (χ3n) is 3.24. The fourth-order valence-electron chi connectivity index (χ4n) is 2.23. The Morgan fingerprint density at radius 1 is 1.14 bits per heavy atom. The summed E-state index contributed by atoms with van der Waals surface area (Å²) in [6.07, 6.45) is 1.41. The van der Waals surface area contributed by atoms with E-state index < -0.39 is 9.84 Å². The first-order chi connectivity index (χ1) is 9.87. The van der Waals surface area contributed by atoms with E-state index in [-0.39, 0.29) is 37.2 Å². The molecule has 0 aromatic heterocycles. The molecule has 0 unspecified atom stereocenters. The fraction of sp³-hybridized carbons (Fsp3) is 0.429. The lowest BCUT2D eigenvalue weighted by atomic mass is 10.2. The molecule has 1 aromatic carbocycles. The van der Waals surface area contributed by atoms with Crippen LogP contribution in [0.5, 0.6) is 0 Å². The summed E-state index contributed by atoms with van der Waals surface area (Å²) in [6.45, 7) is 0.580. The zero-order valence-corrected chi connectivity index (χ0v) is 12.7. The van der Waals surface area contributed by atoms with Crippen molar-refractivity contribution >= 4 is 21.8 Å². The van der Waals surface area contributed by atoms with Crippen LogP contribution in [0.1, 0.15) is 12.0 Å². The Morgan fingerprint density at radius 3 is 2.43 bits per heavy atom. The molecule has 2 rings (SSSR count). The Labute approximate surface area is 124 Å². The highest BCUT2D eigenvalue weighted by molar-refractivity contribution is 7.90. The van der Waals surface area contributed by atoms with Crippen molar-refractivity contribution < 1.29 is 18.0 Å². The highest BCUT2D eigenvalue weighted by Crippen LogP contribution is 2.14. The molecular formula is C14H18N2O4S. The standard InChI is InChI=1S/C14H18N2O4S/c1-21(19,20)9-5-8-16-13(17)11-15(14(16)18)10-12-6-3-2-4-7-12/h2-4,6-7H,5,8-11H2,1H3. The molecule has 114 valence electrons. The number of rotatable bonds is 6. The molecule has 6 nitrogen and oxygen atoms in total. The summed E-state index contributed by atoms with van der Waals surface area (Å²) >= 11 is 0. The molecular weight excluding hydrogens is 292 g/mol. The van der Waals surface area contributed by atoms with Crippen molar-refractivity contribution in [2.24, 2.45) is 0 Å². The zero-order chi connectivity index (χ0) is 15.5. The minimum absolute atomic E-state index is 0.0251. The molecule has 1 heterocycles.